The zero-order valence-electron chi connectivity index (χ0n) is 20.6. The first-order valence-electron chi connectivity index (χ1n) is 11.5. The second-order valence-corrected chi connectivity index (χ2v) is 9.76. The number of carboxylic acid groups (broad SMARTS) is 1. The van der Waals surface area contributed by atoms with Crippen molar-refractivity contribution in [3.05, 3.63) is 65.9 Å². The van der Waals surface area contributed by atoms with Crippen molar-refractivity contribution >= 4 is 28.0 Å². The van der Waals surface area contributed by atoms with Crippen molar-refractivity contribution in [2.45, 2.75) is 59.8 Å². The van der Waals surface area contributed by atoms with Gasteiger partial charge in [-0.05, 0) is 72.2 Å². The van der Waals surface area contributed by atoms with E-state index in [1.54, 1.807) is 0 Å². The Hall–Kier alpha value is -3.27. The van der Waals surface area contributed by atoms with E-state index in [-0.39, 0.29) is 5.41 Å². The molecule has 3 aromatic rings. The lowest BCUT2D eigenvalue weighted by atomic mass is 9.82. The van der Waals surface area contributed by atoms with Crippen LogP contribution in [0.15, 0.2) is 49.2 Å². The molecular weight excluding hydrogens is 410 g/mol. The van der Waals surface area contributed by atoms with Gasteiger partial charge in [0, 0.05) is 39.9 Å². The summed E-state index contributed by atoms with van der Waals surface area (Å²) < 4.78 is 6.38. The lowest BCUT2D eigenvalue weighted by Crippen LogP contribution is -2.13. The maximum atomic E-state index is 11.2. The molecule has 0 fully saturated rings. The number of carboxylic acids is 1. The SMILES string of the molecule is C=C(C)c1cc(C(C)(C)C)cc(-c2c[nH]c3ccc(/C(C)=C/C(=O)O)cc23)c1OCCCC. The van der Waals surface area contributed by atoms with Gasteiger partial charge in [-0.1, -0.05) is 46.8 Å². The zero-order valence-corrected chi connectivity index (χ0v) is 20.6. The third-order valence-electron chi connectivity index (χ3n) is 5.93. The molecule has 3 rings (SSSR count). The third-order valence-corrected chi connectivity index (χ3v) is 5.93. The molecule has 1 aromatic heterocycles. The van der Waals surface area contributed by atoms with E-state index in [1.807, 2.05) is 32.2 Å². The van der Waals surface area contributed by atoms with Crippen LogP contribution in [0.25, 0.3) is 33.2 Å². The van der Waals surface area contributed by atoms with Crippen molar-refractivity contribution in [2.75, 3.05) is 6.61 Å². The Morgan fingerprint density at radius 2 is 1.88 bits per heavy atom. The van der Waals surface area contributed by atoms with Crippen LogP contribution in [0, 0.1) is 0 Å². The number of H-pyrrole nitrogens is 1. The van der Waals surface area contributed by atoms with Crippen LogP contribution in [-0.2, 0) is 10.2 Å². The zero-order chi connectivity index (χ0) is 24.3. The molecule has 0 radical (unpaired) electrons. The molecule has 2 N–H and O–H groups in total. The topological polar surface area (TPSA) is 62.3 Å². The Kier molecular flexibility index (Phi) is 7.16. The Bertz CT molecular complexity index is 1220. The van der Waals surface area contributed by atoms with Gasteiger partial charge in [0.15, 0.2) is 0 Å². The third kappa shape index (κ3) is 5.39. The molecule has 0 saturated heterocycles. The second kappa shape index (κ2) is 9.70. The molecule has 0 saturated carbocycles. The van der Waals surface area contributed by atoms with Gasteiger partial charge in [-0.15, -0.1) is 0 Å². The Morgan fingerprint density at radius 3 is 2.48 bits per heavy atom. The number of fused-ring (bicyclic) bond motifs is 1. The number of hydrogen-bond donors (Lipinski definition) is 2. The maximum absolute atomic E-state index is 11.2. The van der Waals surface area contributed by atoms with E-state index >= 15 is 0 Å². The molecule has 0 aliphatic carbocycles. The molecular formula is C29H35NO3. The van der Waals surface area contributed by atoms with Crippen molar-refractivity contribution < 1.29 is 14.6 Å². The van der Waals surface area contributed by atoms with Crippen LogP contribution in [0.2, 0.25) is 0 Å². The monoisotopic (exact) mass is 445 g/mol. The maximum Gasteiger partial charge on any atom is 0.328 e. The molecule has 2 aromatic carbocycles. The van der Waals surface area contributed by atoms with Crippen molar-refractivity contribution in [3.8, 4) is 16.9 Å². The number of nitrogens with one attached hydrogen (secondary N) is 1. The second-order valence-electron chi connectivity index (χ2n) is 9.76. The highest BCUT2D eigenvalue weighted by Gasteiger charge is 2.22. The molecule has 0 bridgehead atoms. The number of carbonyl (C=O) groups is 1. The van der Waals surface area contributed by atoms with E-state index in [1.165, 1.54) is 11.6 Å². The highest BCUT2D eigenvalue weighted by atomic mass is 16.5. The molecule has 0 unspecified atom stereocenters. The summed E-state index contributed by atoms with van der Waals surface area (Å²) in [5.41, 5.74) is 7.82. The number of hydrogen-bond acceptors (Lipinski definition) is 2. The van der Waals surface area contributed by atoms with Crippen LogP contribution in [0.3, 0.4) is 0 Å². The molecule has 0 spiro atoms. The molecule has 1 heterocycles. The average molecular weight is 446 g/mol. The van der Waals surface area contributed by atoms with Crippen molar-refractivity contribution in [3.63, 3.8) is 0 Å². The number of unbranched alkanes of at least 4 members (excludes halogenated alkanes) is 1. The fraction of sp³-hybridized carbons (Fsp3) is 0.345. The number of aliphatic carboxylic acids is 1. The number of ether oxygens (including phenoxy) is 1. The minimum absolute atomic E-state index is 0.0427. The smallest absolute Gasteiger partial charge is 0.328 e. The quantitative estimate of drug-likeness (QED) is 0.274. The Labute approximate surface area is 197 Å². The van der Waals surface area contributed by atoms with Crippen LogP contribution in [0.4, 0.5) is 0 Å². The minimum Gasteiger partial charge on any atom is -0.492 e. The van der Waals surface area contributed by atoms with Gasteiger partial charge in [0.1, 0.15) is 5.75 Å². The van der Waals surface area contributed by atoms with Gasteiger partial charge in [0.25, 0.3) is 0 Å². The van der Waals surface area contributed by atoms with Crippen molar-refractivity contribution in [1.82, 2.24) is 4.98 Å². The fourth-order valence-electron chi connectivity index (χ4n) is 3.91. The molecule has 0 aliphatic heterocycles. The molecule has 0 aliphatic rings. The summed E-state index contributed by atoms with van der Waals surface area (Å²) in [6, 6.07) is 10.4. The van der Waals surface area contributed by atoms with Crippen LogP contribution < -0.4 is 4.74 Å². The number of aromatic nitrogens is 1. The summed E-state index contributed by atoms with van der Waals surface area (Å²) in [6.07, 6.45) is 5.30. The largest absolute Gasteiger partial charge is 0.492 e. The molecule has 174 valence electrons. The van der Waals surface area contributed by atoms with Crippen molar-refractivity contribution in [2.24, 2.45) is 0 Å². The first kappa shape index (κ1) is 24.4. The van der Waals surface area contributed by atoms with Gasteiger partial charge in [-0.2, -0.15) is 0 Å². The van der Waals surface area contributed by atoms with E-state index in [0.29, 0.717) is 12.2 Å². The lowest BCUT2D eigenvalue weighted by Gasteiger charge is -2.24. The fourth-order valence-corrected chi connectivity index (χ4v) is 3.91. The number of aromatic amines is 1. The van der Waals surface area contributed by atoms with Crippen LogP contribution in [-0.4, -0.2) is 22.7 Å². The highest BCUT2D eigenvalue weighted by Crippen LogP contribution is 2.43. The first-order chi connectivity index (χ1) is 15.5. The molecule has 33 heavy (non-hydrogen) atoms. The number of benzene rings is 2. The van der Waals surface area contributed by atoms with E-state index in [0.717, 1.165) is 57.3 Å². The molecule has 0 atom stereocenters. The Morgan fingerprint density at radius 1 is 1.15 bits per heavy atom. The van der Waals surface area contributed by atoms with Gasteiger partial charge >= 0.3 is 5.97 Å². The Balaban J connectivity index is 2.30. The standard InChI is InChI=1S/C29H35NO3/c1-8-9-12-33-28-22(18(2)3)15-21(29(5,6)7)16-24(28)25-17-30-26-11-10-20(14-23(25)26)19(4)13-27(31)32/h10-11,13-17,30H,2,8-9,12H2,1,3-7H3,(H,31,32)/b19-13+. The first-order valence-corrected chi connectivity index (χ1v) is 11.5. The normalized spacial score (nSPS) is 12.2. The van der Waals surface area contributed by atoms with Crippen LogP contribution in [0.1, 0.15) is 71.1 Å². The van der Waals surface area contributed by atoms with E-state index in [2.05, 4.69) is 57.5 Å². The van der Waals surface area contributed by atoms with Gasteiger partial charge < -0.3 is 14.8 Å². The number of allylic oxidation sites excluding steroid dienone is 2. The van der Waals surface area contributed by atoms with Gasteiger partial charge in [0.2, 0.25) is 0 Å². The van der Waals surface area contributed by atoms with Crippen LogP contribution >= 0.6 is 0 Å². The van der Waals surface area contributed by atoms with Gasteiger partial charge in [-0.25, -0.2) is 4.79 Å². The van der Waals surface area contributed by atoms with Crippen LogP contribution in [0.5, 0.6) is 5.75 Å². The van der Waals surface area contributed by atoms with Gasteiger partial charge in [-0.3, -0.25) is 0 Å². The predicted molar refractivity (Wildman–Crippen MR) is 139 cm³/mol. The molecule has 4 nitrogen and oxygen atoms in total. The summed E-state index contributed by atoms with van der Waals surface area (Å²) in [7, 11) is 0. The minimum atomic E-state index is -0.947. The lowest BCUT2D eigenvalue weighted by molar-refractivity contribution is -0.131. The highest BCUT2D eigenvalue weighted by molar-refractivity contribution is 6.00. The summed E-state index contributed by atoms with van der Waals surface area (Å²) in [4.78, 5) is 14.6. The predicted octanol–water partition coefficient (Wildman–Crippen LogP) is 7.83. The molecule has 0 amide bonds. The summed E-state index contributed by atoms with van der Waals surface area (Å²) in [6.45, 7) is 17.5. The molecule has 4 heteroatoms. The summed E-state index contributed by atoms with van der Waals surface area (Å²) in [5.74, 6) is -0.0921. The summed E-state index contributed by atoms with van der Waals surface area (Å²) in [5, 5.41) is 10.2. The van der Waals surface area contributed by atoms with E-state index in [4.69, 9.17) is 4.74 Å². The average Bonchev–Trinajstić information content (AvgIpc) is 3.15. The summed E-state index contributed by atoms with van der Waals surface area (Å²) >= 11 is 0. The van der Waals surface area contributed by atoms with Gasteiger partial charge in [0.05, 0.1) is 6.61 Å². The number of rotatable bonds is 8. The van der Waals surface area contributed by atoms with Crippen molar-refractivity contribution in [1.29, 1.82) is 0 Å². The van der Waals surface area contributed by atoms with E-state index < -0.39 is 5.97 Å². The van der Waals surface area contributed by atoms with E-state index in [9.17, 15) is 9.90 Å².